The van der Waals surface area contributed by atoms with Gasteiger partial charge in [0.1, 0.15) is 0 Å². The number of nitrogens with zero attached hydrogens (tertiary/aromatic N) is 3. The van der Waals surface area contributed by atoms with Gasteiger partial charge in [0.15, 0.2) is 5.65 Å². The highest BCUT2D eigenvalue weighted by atomic mass is 31.0. The third-order valence-corrected chi connectivity index (χ3v) is 1.83. The van der Waals surface area contributed by atoms with Crippen molar-refractivity contribution in [2.75, 3.05) is 5.73 Å². The minimum Gasteiger partial charge on any atom is -0.397 e. The number of hydrogen-bond donors (Lipinski definition) is 1. The highest BCUT2D eigenvalue weighted by Crippen LogP contribution is 2.14. The summed E-state index contributed by atoms with van der Waals surface area (Å²) in [4.78, 5) is 4.09. The molecule has 0 amide bonds. The molecule has 2 aromatic heterocycles. The van der Waals surface area contributed by atoms with Gasteiger partial charge in [-0.15, -0.1) is 0 Å². The van der Waals surface area contributed by atoms with Crippen molar-refractivity contribution in [2.24, 2.45) is 0 Å². The van der Waals surface area contributed by atoms with Crippen LogP contribution in [0, 0.1) is 0 Å². The quantitative estimate of drug-likeness (QED) is 0.584. The summed E-state index contributed by atoms with van der Waals surface area (Å²) in [6.07, 6.45) is 3.34. The zero-order valence-electron chi connectivity index (χ0n) is 5.73. The molecule has 1 atom stereocenters. The Hall–Kier alpha value is -1.15. The van der Waals surface area contributed by atoms with Crippen LogP contribution < -0.4 is 5.73 Å². The maximum atomic E-state index is 5.53. The van der Waals surface area contributed by atoms with Gasteiger partial charge in [-0.2, -0.15) is 5.10 Å². The molecule has 11 heavy (non-hydrogen) atoms. The lowest BCUT2D eigenvalue weighted by Gasteiger charge is -1.92. The van der Waals surface area contributed by atoms with E-state index in [1.807, 2.05) is 6.07 Å². The van der Waals surface area contributed by atoms with Crippen molar-refractivity contribution in [3.05, 3.63) is 18.5 Å². The standard InChI is InChI=1S/C6H7N4P/c7-5-1-4-2-9-10(11)6(4)8-3-5/h1-3H,7,11H2. The number of aromatic nitrogens is 3. The first-order valence-electron chi connectivity index (χ1n) is 3.12. The normalized spacial score (nSPS) is 10.6. The van der Waals surface area contributed by atoms with Crippen LogP contribution in [0.3, 0.4) is 0 Å². The van der Waals surface area contributed by atoms with Crippen molar-refractivity contribution in [1.29, 1.82) is 0 Å². The molecule has 0 bridgehead atoms. The van der Waals surface area contributed by atoms with Crippen molar-refractivity contribution >= 4 is 26.1 Å². The Morgan fingerprint density at radius 2 is 2.27 bits per heavy atom. The Morgan fingerprint density at radius 3 is 3.09 bits per heavy atom. The Bertz CT molecular complexity index is 394. The number of nitrogen functional groups attached to an aromatic ring is 1. The average Bonchev–Trinajstić information content (AvgIpc) is 2.32. The lowest BCUT2D eigenvalue weighted by atomic mass is 10.3. The maximum Gasteiger partial charge on any atom is 0.160 e. The fourth-order valence-corrected chi connectivity index (χ4v) is 1.24. The average molecular weight is 166 g/mol. The maximum absolute atomic E-state index is 5.53. The minimum absolute atomic E-state index is 0.663. The number of hydrogen-bond acceptors (Lipinski definition) is 3. The summed E-state index contributed by atoms with van der Waals surface area (Å²) in [6.45, 7) is 0. The molecule has 0 aromatic carbocycles. The van der Waals surface area contributed by atoms with Crippen LogP contribution in [0.25, 0.3) is 11.0 Å². The smallest absolute Gasteiger partial charge is 0.160 e. The molecular formula is C6H7N4P. The van der Waals surface area contributed by atoms with Crippen molar-refractivity contribution in [3.63, 3.8) is 0 Å². The van der Waals surface area contributed by atoms with Crippen LogP contribution in [0.4, 0.5) is 5.69 Å². The number of nitrogens with two attached hydrogens (primary N) is 1. The number of anilines is 1. The minimum atomic E-state index is 0.663. The van der Waals surface area contributed by atoms with E-state index in [1.165, 1.54) is 0 Å². The third kappa shape index (κ3) is 0.955. The van der Waals surface area contributed by atoms with Gasteiger partial charge in [-0.1, -0.05) is 0 Å². The predicted molar refractivity (Wildman–Crippen MR) is 47.0 cm³/mol. The van der Waals surface area contributed by atoms with E-state index in [-0.39, 0.29) is 0 Å². The van der Waals surface area contributed by atoms with Gasteiger partial charge in [-0.25, -0.2) is 9.44 Å². The fourth-order valence-electron chi connectivity index (χ4n) is 0.957. The van der Waals surface area contributed by atoms with E-state index in [2.05, 4.69) is 19.5 Å². The molecule has 1 unspecified atom stereocenters. The molecular weight excluding hydrogens is 159 g/mol. The van der Waals surface area contributed by atoms with Gasteiger partial charge < -0.3 is 5.73 Å². The molecule has 2 N–H and O–H groups in total. The Kier molecular flexibility index (Phi) is 1.29. The summed E-state index contributed by atoms with van der Waals surface area (Å²) in [5.41, 5.74) is 7.01. The molecule has 0 aliphatic rings. The molecule has 2 aromatic rings. The van der Waals surface area contributed by atoms with Crippen molar-refractivity contribution in [3.8, 4) is 0 Å². The van der Waals surface area contributed by atoms with Crippen molar-refractivity contribution < 1.29 is 0 Å². The molecule has 0 radical (unpaired) electrons. The van der Waals surface area contributed by atoms with E-state index < -0.39 is 0 Å². The molecule has 0 spiro atoms. The molecule has 0 saturated carbocycles. The monoisotopic (exact) mass is 166 g/mol. The van der Waals surface area contributed by atoms with Crippen LogP contribution in [0.1, 0.15) is 0 Å². The van der Waals surface area contributed by atoms with Crippen molar-refractivity contribution in [1.82, 2.24) is 14.5 Å². The molecule has 5 heteroatoms. The number of rotatable bonds is 0. The summed E-state index contributed by atoms with van der Waals surface area (Å²) in [6, 6.07) is 1.84. The first kappa shape index (κ1) is 6.55. The molecule has 4 nitrogen and oxygen atoms in total. The Morgan fingerprint density at radius 1 is 1.45 bits per heavy atom. The Labute approximate surface area is 65.7 Å². The topological polar surface area (TPSA) is 56.7 Å². The highest BCUT2D eigenvalue weighted by molar-refractivity contribution is 7.14. The van der Waals surface area contributed by atoms with Crippen LogP contribution in [0.2, 0.25) is 0 Å². The van der Waals surface area contributed by atoms with Crippen LogP contribution in [-0.2, 0) is 0 Å². The predicted octanol–water partition coefficient (Wildman–Crippen LogP) is 0.652. The molecule has 2 rings (SSSR count). The largest absolute Gasteiger partial charge is 0.397 e. The van der Waals surface area contributed by atoms with Gasteiger partial charge in [0.05, 0.1) is 18.1 Å². The molecule has 0 fully saturated rings. The number of pyridine rings is 1. The summed E-state index contributed by atoms with van der Waals surface area (Å²) in [7, 11) is 2.45. The zero-order chi connectivity index (χ0) is 7.84. The molecule has 56 valence electrons. The van der Waals surface area contributed by atoms with Gasteiger partial charge in [0.25, 0.3) is 0 Å². The van der Waals surface area contributed by atoms with E-state index >= 15 is 0 Å². The van der Waals surface area contributed by atoms with E-state index in [4.69, 9.17) is 5.73 Å². The third-order valence-electron chi connectivity index (χ3n) is 1.45. The second-order valence-corrected chi connectivity index (χ2v) is 2.76. The summed E-state index contributed by atoms with van der Waals surface area (Å²) in [5, 5.41) is 4.96. The van der Waals surface area contributed by atoms with Crippen LogP contribution in [-0.4, -0.2) is 14.5 Å². The highest BCUT2D eigenvalue weighted by Gasteiger charge is 1.98. The van der Waals surface area contributed by atoms with Crippen LogP contribution in [0.15, 0.2) is 18.5 Å². The summed E-state index contributed by atoms with van der Waals surface area (Å²) >= 11 is 0. The second kappa shape index (κ2) is 2.17. The SMILES string of the molecule is Nc1cnc2c(cnn2P)c1. The van der Waals surface area contributed by atoms with E-state index in [0.29, 0.717) is 5.69 Å². The molecule has 0 aliphatic heterocycles. The Balaban J connectivity index is 2.86. The summed E-state index contributed by atoms with van der Waals surface area (Å²) in [5.74, 6) is 0. The fraction of sp³-hybridized carbons (Fsp3) is 0. The zero-order valence-corrected chi connectivity index (χ0v) is 6.88. The van der Waals surface area contributed by atoms with Crippen LogP contribution >= 0.6 is 9.39 Å². The molecule has 0 saturated heterocycles. The first-order valence-corrected chi connectivity index (χ1v) is 3.63. The van der Waals surface area contributed by atoms with Gasteiger partial charge in [0.2, 0.25) is 0 Å². The van der Waals surface area contributed by atoms with Gasteiger partial charge >= 0.3 is 0 Å². The van der Waals surface area contributed by atoms with Gasteiger partial charge in [0, 0.05) is 5.39 Å². The van der Waals surface area contributed by atoms with E-state index in [0.717, 1.165) is 11.0 Å². The van der Waals surface area contributed by atoms with E-state index in [1.54, 1.807) is 16.8 Å². The molecule has 0 aliphatic carbocycles. The summed E-state index contributed by atoms with van der Waals surface area (Å²) < 4.78 is 1.63. The lowest BCUT2D eigenvalue weighted by Crippen LogP contribution is -1.87. The molecule has 2 heterocycles. The van der Waals surface area contributed by atoms with Crippen LogP contribution in [0.5, 0.6) is 0 Å². The van der Waals surface area contributed by atoms with Gasteiger partial charge in [-0.05, 0) is 15.5 Å². The van der Waals surface area contributed by atoms with Gasteiger partial charge in [-0.3, -0.25) is 0 Å². The number of fused-ring (bicyclic) bond motifs is 1. The second-order valence-electron chi connectivity index (χ2n) is 2.27. The van der Waals surface area contributed by atoms with Crippen molar-refractivity contribution in [2.45, 2.75) is 0 Å². The lowest BCUT2D eigenvalue weighted by molar-refractivity contribution is 1.02. The first-order chi connectivity index (χ1) is 5.27. The van der Waals surface area contributed by atoms with E-state index in [9.17, 15) is 0 Å².